The molecule has 0 aliphatic carbocycles. The van der Waals surface area contributed by atoms with Crippen molar-refractivity contribution in [1.29, 1.82) is 0 Å². The van der Waals surface area contributed by atoms with Gasteiger partial charge in [0.15, 0.2) is 5.69 Å². The van der Waals surface area contributed by atoms with Crippen LogP contribution >= 0.6 is 11.6 Å². The number of nitrogens with zero attached hydrogens (tertiary/aromatic N) is 6. The van der Waals surface area contributed by atoms with Crippen LogP contribution in [0, 0.1) is 5.82 Å². The lowest BCUT2D eigenvalue weighted by Crippen LogP contribution is -2.24. The Balaban J connectivity index is 1.34. The number of carbonyl (C=O) groups excluding carboxylic acids is 1. The van der Waals surface area contributed by atoms with Gasteiger partial charge < -0.3 is 15.2 Å². The maximum Gasteiger partial charge on any atom is 0.272 e. The summed E-state index contributed by atoms with van der Waals surface area (Å²) in [7, 11) is 1.83. The smallest absolute Gasteiger partial charge is 0.272 e. The molecule has 0 radical (unpaired) electrons. The fraction of sp³-hybridized carbons (Fsp3) is 0.167. The van der Waals surface area contributed by atoms with E-state index in [0.29, 0.717) is 22.4 Å². The first-order valence-electron chi connectivity index (χ1n) is 11.0. The number of hydrogen-bond acceptors (Lipinski definition) is 7. The first kappa shape index (κ1) is 23.4. The second kappa shape index (κ2) is 9.70. The minimum Gasteiger partial charge on any atom is -0.376 e. The molecule has 3 N–H and O–H groups in total. The van der Waals surface area contributed by atoms with Gasteiger partial charge in [-0.15, -0.1) is 10.2 Å². The molecule has 1 unspecified atom stereocenters. The number of aromatic nitrogens is 7. The lowest BCUT2D eigenvalue weighted by Gasteiger charge is -2.15. The van der Waals surface area contributed by atoms with Crippen molar-refractivity contribution in [2.24, 2.45) is 7.05 Å². The van der Waals surface area contributed by atoms with Crippen LogP contribution in [0.3, 0.4) is 0 Å². The molecule has 0 fully saturated rings. The fourth-order valence-corrected chi connectivity index (χ4v) is 4.14. The number of nitrogens with one attached hydrogen (secondary N) is 3. The predicted octanol–water partition coefficient (Wildman–Crippen LogP) is 4.04. The third-order valence-electron chi connectivity index (χ3n) is 5.79. The van der Waals surface area contributed by atoms with Gasteiger partial charge in [-0.3, -0.25) is 4.79 Å². The van der Waals surface area contributed by atoms with E-state index in [0.717, 1.165) is 16.8 Å². The molecule has 182 valence electrons. The van der Waals surface area contributed by atoms with E-state index in [2.05, 4.69) is 41.2 Å². The van der Waals surface area contributed by atoms with Crippen molar-refractivity contribution in [2.75, 3.05) is 5.32 Å². The molecule has 5 rings (SSSR count). The van der Waals surface area contributed by atoms with Crippen LogP contribution in [-0.4, -0.2) is 41.1 Å². The largest absolute Gasteiger partial charge is 0.376 e. The minimum absolute atomic E-state index is 0.00268. The molecule has 3 aromatic heterocycles. The highest BCUT2D eigenvalue weighted by Gasteiger charge is 2.19. The van der Waals surface area contributed by atoms with Gasteiger partial charge in [0.2, 0.25) is 5.82 Å². The second-order valence-corrected chi connectivity index (χ2v) is 8.63. The molecule has 0 aliphatic rings. The van der Waals surface area contributed by atoms with E-state index >= 15 is 0 Å². The number of rotatable bonds is 7. The zero-order chi connectivity index (χ0) is 25.2. The third kappa shape index (κ3) is 4.60. The Kier molecular flexibility index (Phi) is 6.30. The monoisotopic (exact) mass is 505 g/mol. The molecule has 2 aromatic carbocycles. The average molecular weight is 506 g/mol. The summed E-state index contributed by atoms with van der Waals surface area (Å²) in [6.45, 7) is 2.21. The Morgan fingerprint density at radius 2 is 2.00 bits per heavy atom. The van der Waals surface area contributed by atoms with E-state index in [-0.39, 0.29) is 29.2 Å². The van der Waals surface area contributed by atoms with Gasteiger partial charge in [0.25, 0.3) is 5.91 Å². The van der Waals surface area contributed by atoms with Crippen molar-refractivity contribution < 1.29 is 9.18 Å². The molecule has 1 amide bonds. The van der Waals surface area contributed by atoms with Gasteiger partial charge in [-0.1, -0.05) is 41.9 Å². The average Bonchev–Trinajstić information content (AvgIpc) is 3.53. The zero-order valence-electron chi connectivity index (χ0n) is 19.3. The highest BCUT2D eigenvalue weighted by atomic mass is 35.5. The number of amides is 1. The molecule has 36 heavy (non-hydrogen) atoms. The Morgan fingerprint density at radius 1 is 1.19 bits per heavy atom. The van der Waals surface area contributed by atoms with Crippen molar-refractivity contribution in [3.05, 3.63) is 82.6 Å². The molecule has 12 heteroatoms. The highest BCUT2D eigenvalue weighted by Crippen LogP contribution is 2.29. The number of carbonyl (C=O) groups is 1. The summed E-state index contributed by atoms with van der Waals surface area (Å²) >= 11 is 5.84. The molecule has 10 nitrogen and oxygen atoms in total. The maximum atomic E-state index is 13.4. The number of benzene rings is 2. The Labute approximate surface area is 209 Å². The summed E-state index contributed by atoms with van der Waals surface area (Å²) in [5, 5.41) is 20.3. The number of hydrogen-bond donors (Lipinski definition) is 3. The second-order valence-electron chi connectivity index (χ2n) is 8.23. The standard InChI is InChI=1S/C24H21ClFN9O/c1-13(15-4-6-16(7-5-15)23-31-33-34-32-23)30-19-11-35(2)22-20(19)28-12-29-21(22)24(36)27-10-14-3-8-18(26)17(25)9-14/h3-9,11-13,30H,10H2,1-2H3,(H,27,36)(H,31,32,33,34). The lowest BCUT2D eigenvalue weighted by atomic mass is 10.1. The lowest BCUT2D eigenvalue weighted by molar-refractivity contribution is 0.0947. The number of H-pyrrole nitrogens is 1. The fourth-order valence-electron chi connectivity index (χ4n) is 3.94. The highest BCUT2D eigenvalue weighted by molar-refractivity contribution is 6.30. The van der Waals surface area contributed by atoms with Crippen LogP contribution in [0.5, 0.6) is 0 Å². The van der Waals surface area contributed by atoms with Crippen LogP contribution in [0.25, 0.3) is 22.4 Å². The van der Waals surface area contributed by atoms with Crippen LogP contribution in [0.15, 0.2) is 55.0 Å². The molecule has 0 bridgehead atoms. The van der Waals surface area contributed by atoms with E-state index in [1.54, 1.807) is 6.07 Å². The van der Waals surface area contributed by atoms with Crippen molar-refractivity contribution in [1.82, 2.24) is 40.5 Å². The molecule has 0 saturated heterocycles. The van der Waals surface area contributed by atoms with Crippen LogP contribution in [0.1, 0.15) is 34.6 Å². The Hall–Kier alpha value is -4.38. The number of aryl methyl sites for hydroxylation is 1. The molecular formula is C24H21ClFN9O. The van der Waals surface area contributed by atoms with Gasteiger partial charge in [-0.2, -0.15) is 5.21 Å². The van der Waals surface area contributed by atoms with Crippen molar-refractivity contribution in [2.45, 2.75) is 19.5 Å². The van der Waals surface area contributed by atoms with E-state index in [4.69, 9.17) is 11.6 Å². The zero-order valence-corrected chi connectivity index (χ0v) is 20.1. The Bertz CT molecular complexity index is 1530. The SMILES string of the molecule is CC(Nc1cn(C)c2c(C(=O)NCc3ccc(F)c(Cl)c3)ncnc12)c1ccc(-c2nn[nH]n2)cc1. The molecule has 3 heterocycles. The van der Waals surface area contributed by atoms with E-state index < -0.39 is 5.82 Å². The minimum atomic E-state index is -0.509. The first-order chi connectivity index (χ1) is 17.4. The van der Waals surface area contributed by atoms with E-state index in [9.17, 15) is 9.18 Å². The van der Waals surface area contributed by atoms with Gasteiger partial charge >= 0.3 is 0 Å². The van der Waals surface area contributed by atoms with Crippen molar-refractivity contribution in [3.63, 3.8) is 0 Å². The van der Waals surface area contributed by atoms with Crippen LogP contribution < -0.4 is 10.6 Å². The van der Waals surface area contributed by atoms with Crippen molar-refractivity contribution >= 4 is 34.2 Å². The number of fused-ring (bicyclic) bond motifs is 1. The molecular weight excluding hydrogens is 485 g/mol. The topological polar surface area (TPSA) is 126 Å². The summed E-state index contributed by atoms with van der Waals surface area (Å²) in [5.74, 6) is -0.354. The third-order valence-corrected chi connectivity index (χ3v) is 6.08. The normalized spacial score (nSPS) is 12.0. The van der Waals surface area contributed by atoms with Crippen molar-refractivity contribution in [3.8, 4) is 11.4 Å². The number of aromatic amines is 1. The molecule has 1 atom stereocenters. The van der Waals surface area contributed by atoms with Gasteiger partial charge in [0, 0.05) is 31.4 Å². The Morgan fingerprint density at radius 3 is 2.72 bits per heavy atom. The summed E-state index contributed by atoms with van der Waals surface area (Å²) in [5.41, 5.74) is 4.80. The van der Waals surface area contributed by atoms with Crippen LogP contribution in [0.4, 0.5) is 10.1 Å². The number of halogens is 2. The van der Waals surface area contributed by atoms with Gasteiger partial charge in [-0.25, -0.2) is 14.4 Å². The number of tetrazole rings is 1. The summed E-state index contributed by atoms with van der Waals surface area (Å²) in [6, 6.07) is 12.1. The van der Waals surface area contributed by atoms with Gasteiger partial charge in [-0.05, 0) is 35.4 Å². The van der Waals surface area contributed by atoms with Gasteiger partial charge in [0.1, 0.15) is 23.2 Å². The van der Waals surface area contributed by atoms with Crippen LogP contribution in [-0.2, 0) is 13.6 Å². The van der Waals surface area contributed by atoms with E-state index in [1.165, 1.54) is 18.5 Å². The number of anilines is 1. The summed E-state index contributed by atoms with van der Waals surface area (Å²) in [6.07, 6.45) is 3.24. The first-order valence-corrected chi connectivity index (χ1v) is 11.4. The quantitative estimate of drug-likeness (QED) is 0.304. The maximum absolute atomic E-state index is 13.4. The summed E-state index contributed by atoms with van der Waals surface area (Å²) in [4.78, 5) is 21.6. The predicted molar refractivity (Wildman–Crippen MR) is 133 cm³/mol. The summed E-state index contributed by atoms with van der Waals surface area (Å²) < 4.78 is 15.2. The molecule has 0 aliphatic heterocycles. The van der Waals surface area contributed by atoms with E-state index in [1.807, 2.05) is 49.0 Å². The molecule has 0 saturated carbocycles. The molecule has 0 spiro atoms. The molecule has 5 aromatic rings. The van der Waals surface area contributed by atoms with Crippen LogP contribution in [0.2, 0.25) is 5.02 Å². The van der Waals surface area contributed by atoms with Gasteiger partial charge in [0.05, 0.1) is 10.7 Å².